The van der Waals surface area contributed by atoms with E-state index in [1.165, 1.54) is 0 Å². The van der Waals surface area contributed by atoms with E-state index in [0.29, 0.717) is 12.3 Å². The lowest BCUT2D eigenvalue weighted by molar-refractivity contribution is 0.0988. The van der Waals surface area contributed by atoms with Crippen LogP contribution >= 0.6 is 0 Å². The van der Waals surface area contributed by atoms with Crippen molar-refractivity contribution in [3.63, 3.8) is 0 Å². The summed E-state index contributed by atoms with van der Waals surface area (Å²) in [6.07, 6.45) is 0.556. The van der Waals surface area contributed by atoms with E-state index in [-0.39, 0.29) is 5.78 Å². The van der Waals surface area contributed by atoms with Gasteiger partial charge >= 0.3 is 0 Å². The number of Topliss-reactive ketones (excluding diaryl/α,β-unsaturated/α-hetero) is 1. The van der Waals surface area contributed by atoms with Gasteiger partial charge < -0.3 is 9.80 Å². The lowest BCUT2D eigenvalue weighted by Crippen LogP contribution is -2.35. The number of hydrogen-bond donors (Lipinski definition) is 0. The monoisotopic (exact) mass is 276 g/mol. The van der Waals surface area contributed by atoms with Gasteiger partial charge in [0.05, 0.1) is 0 Å². The van der Waals surface area contributed by atoms with Crippen LogP contribution in [0.3, 0.4) is 0 Å². The first-order valence-corrected chi connectivity index (χ1v) is 7.47. The molecule has 0 spiro atoms. The van der Waals surface area contributed by atoms with E-state index in [9.17, 15) is 4.79 Å². The fraction of sp³-hybridized carbons (Fsp3) is 0.588. The number of ketones is 1. The first-order valence-electron chi connectivity index (χ1n) is 7.47. The number of anilines is 1. The second-order valence-corrected chi connectivity index (χ2v) is 5.94. The quantitative estimate of drug-likeness (QED) is 0.681. The zero-order chi connectivity index (χ0) is 15.1. The molecule has 0 atom stereocenters. The Kier molecular flexibility index (Phi) is 6.73. The first kappa shape index (κ1) is 16.7. The van der Waals surface area contributed by atoms with Crippen LogP contribution in [0.4, 0.5) is 5.69 Å². The van der Waals surface area contributed by atoms with Gasteiger partial charge in [0.2, 0.25) is 0 Å². The number of carbonyl (C=O) groups is 1. The Bertz CT molecular complexity index is 427. The molecule has 0 unspecified atom stereocenters. The third kappa shape index (κ3) is 4.97. The van der Waals surface area contributed by atoms with E-state index in [1.807, 2.05) is 25.1 Å². The maximum absolute atomic E-state index is 12.1. The van der Waals surface area contributed by atoms with E-state index in [2.05, 4.69) is 43.8 Å². The van der Waals surface area contributed by atoms with Gasteiger partial charge in [-0.15, -0.1) is 0 Å². The van der Waals surface area contributed by atoms with Crippen molar-refractivity contribution in [1.82, 2.24) is 4.90 Å². The molecule has 0 aliphatic rings. The van der Waals surface area contributed by atoms with Crippen LogP contribution in [0.15, 0.2) is 24.3 Å². The van der Waals surface area contributed by atoms with E-state index in [1.54, 1.807) is 0 Å². The first-order chi connectivity index (χ1) is 9.45. The largest absolute Gasteiger partial charge is 0.369 e. The third-order valence-electron chi connectivity index (χ3n) is 3.27. The summed E-state index contributed by atoms with van der Waals surface area (Å²) >= 11 is 0. The lowest BCUT2D eigenvalue weighted by atomic mass is 10.0. The van der Waals surface area contributed by atoms with Crippen LogP contribution in [-0.2, 0) is 0 Å². The minimum Gasteiger partial charge on any atom is -0.369 e. The highest BCUT2D eigenvalue weighted by Crippen LogP contribution is 2.22. The van der Waals surface area contributed by atoms with E-state index in [0.717, 1.165) is 30.9 Å². The summed E-state index contributed by atoms with van der Waals surface area (Å²) in [7, 11) is 4.16. The summed E-state index contributed by atoms with van der Waals surface area (Å²) in [6.45, 7) is 9.26. The average Bonchev–Trinajstić information content (AvgIpc) is 2.42. The summed E-state index contributed by atoms with van der Waals surface area (Å²) in [6, 6.07) is 7.99. The third-order valence-corrected chi connectivity index (χ3v) is 3.27. The smallest absolute Gasteiger partial charge is 0.164 e. The fourth-order valence-electron chi connectivity index (χ4n) is 2.25. The van der Waals surface area contributed by atoms with Crippen molar-refractivity contribution in [3.05, 3.63) is 29.8 Å². The predicted octanol–water partition coefficient (Wildman–Crippen LogP) is 3.30. The Morgan fingerprint density at radius 2 is 1.80 bits per heavy atom. The topological polar surface area (TPSA) is 23.6 Å². The molecule has 1 aromatic rings. The van der Waals surface area contributed by atoms with Crippen LogP contribution < -0.4 is 4.90 Å². The molecule has 1 aromatic carbocycles. The van der Waals surface area contributed by atoms with Crippen molar-refractivity contribution in [1.29, 1.82) is 0 Å². The Hall–Kier alpha value is -1.35. The average molecular weight is 276 g/mol. The number of para-hydroxylation sites is 1. The molecule has 3 heteroatoms. The Balaban J connectivity index is 3.02. The zero-order valence-corrected chi connectivity index (χ0v) is 13.5. The normalized spacial score (nSPS) is 11.2. The molecule has 0 radical (unpaired) electrons. The highest BCUT2D eigenvalue weighted by atomic mass is 16.1. The number of carbonyl (C=O) groups excluding carboxylic acids is 1. The Labute approximate surface area is 123 Å². The molecular formula is C17H28N2O. The Morgan fingerprint density at radius 1 is 1.15 bits per heavy atom. The summed E-state index contributed by atoms with van der Waals surface area (Å²) in [5, 5.41) is 0. The second-order valence-electron chi connectivity index (χ2n) is 5.94. The molecule has 0 heterocycles. The van der Waals surface area contributed by atoms with Crippen molar-refractivity contribution >= 4 is 11.5 Å². The van der Waals surface area contributed by atoms with Crippen LogP contribution in [0.25, 0.3) is 0 Å². The van der Waals surface area contributed by atoms with Gasteiger partial charge in [-0.1, -0.05) is 32.9 Å². The van der Waals surface area contributed by atoms with Crippen molar-refractivity contribution in [2.45, 2.75) is 27.2 Å². The highest BCUT2D eigenvalue weighted by molar-refractivity contribution is 6.01. The van der Waals surface area contributed by atoms with Gasteiger partial charge in [0, 0.05) is 37.3 Å². The minimum absolute atomic E-state index is 0.221. The van der Waals surface area contributed by atoms with Gasteiger partial charge in [0.15, 0.2) is 5.78 Å². The number of likely N-dealkylation sites (N-methyl/N-ethyl adjacent to an activating group) is 1. The summed E-state index contributed by atoms with van der Waals surface area (Å²) in [4.78, 5) is 16.6. The molecule has 0 bridgehead atoms. The molecule has 3 nitrogen and oxygen atoms in total. The number of nitrogens with zero attached hydrogens (tertiary/aromatic N) is 2. The van der Waals surface area contributed by atoms with Crippen molar-refractivity contribution < 1.29 is 4.79 Å². The van der Waals surface area contributed by atoms with Crippen LogP contribution in [0.1, 0.15) is 37.6 Å². The molecular weight excluding hydrogens is 248 g/mol. The number of rotatable bonds is 8. The Morgan fingerprint density at radius 3 is 2.35 bits per heavy atom. The van der Waals surface area contributed by atoms with Crippen molar-refractivity contribution in [3.8, 4) is 0 Å². The number of hydrogen-bond acceptors (Lipinski definition) is 3. The SMILES string of the molecule is CCC(=O)c1ccccc1N(CCN(C)C)CC(C)C. The van der Waals surface area contributed by atoms with Gasteiger partial charge in [0.25, 0.3) is 0 Å². The van der Waals surface area contributed by atoms with E-state index in [4.69, 9.17) is 0 Å². The predicted molar refractivity (Wildman–Crippen MR) is 86.7 cm³/mol. The summed E-state index contributed by atoms with van der Waals surface area (Å²) in [5.74, 6) is 0.793. The van der Waals surface area contributed by atoms with E-state index >= 15 is 0 Å². The molecule has 0 N–H and O–H groups in total. The molecule has 0 fully saturated rings. The minimum atomic E-state index is 0.221. The zero-order valence-electron chi connectivity index (χ0n) is 13.5. The molecule has 112 valence electrons. The molecule has 0 saturated heterocycles. The number of benzene rings is 1. The molecule has 20 heavy (non-hydrogen) atoms. The molecule has 0 saturated carbocycles. The molecule has 0 amide bonds. The van der Waals surface area contributed by atoms with Crippen LogP contribution in [-0.4, -0.2) is 44.4 Å². The maximum atomic E-state index is 12.1. The molecule has 0 aliphatic carbocycles. The highest BCUT2D eigenvalue weighted by Gasteiger charge is 2.16. The molecule has 1 rings (SSSR count). The fourth-order valence-corrected chi connectivity index (χ4v) is 2.25. The van der Waals surface area contributed by atoms with Gasteiger partial charge in [-0.3, -0.25) is 4.79 Å². The van der Waals surface area contributed by atoms with Gasteiger partial charge in [-0.2, -0.15) is 0 Å². The van der Waals surface area contributed by atoms with Crippen molar-refractivity contribution in [2.24, 2.45) is 5.92 Å². The van der Waals surface area contributed by atoms with Crippen LogP contribution in [0, 0.1) is 5.92 Å². The van der Waals surface area contributed by atoms with Gasteiger partial charge in [-0.25, -0.2) is 0 Å². The summed E-state index contributed by atoms with van der Waals surface area (Å²) in [5.41, 5.74) is 1.93. The molecule has 0 aromatic heterocycles. The standard InChI is InChI=1S/C17H28N2O/c1-6-17(20)15-9-7-8-10-16(15)19(13-14(2)3)12-11-18(4)5/h7-10,14H,6,11-13H2,1-5H3. The van der Waals surface area contributed by atoms with Crippen LogP contribution in [0.5, 0.6) is 0 Å². The lowest BCUT2D eigenvalue weighted by Gasteiger charge is -2.29. The maximum Gasteiger partial charge on any atom is 0.164 e. The second kappa shape index (κ2) is 8.05. The van der Waals surface area contributed by atoms with Crippen LogP contribution in [0.2, 0.25) is 0 Å². The summed E-state index contributed by atoms with van der Waals surface area (Å²) < 4.78 is 0. The van der Waals surface area contributed by atoms with E-state index < -0.39 is 0 Å². The van der Waals surface area contributed by atoms with Gasteiger partial charge in [-0.05, 0) is 32.1 Å². The van der Waals surface area contributed by atoms with Gasteiger partial charge in [0.1, 0.15) is 0 Å². The molecule has 0 aliphatic heterocycles. The van der Waals surface area contributed by atoms with Crippen molar-refractivity contribution in [2.75, 3.05) is 38.6 Å².